The van der Waals surface area contributed by atoms with E-state index in [1.54, 1.807) is 0 Å². The highest BCUT2D eigenvalue weighted by molar-refractivity contribution is 5.53. The minimum Gasteiger partial charge on any atom is -0.384 e. The Bertz CT molecular complexity index is 448. The highest BCUT2D eigenvalue weighted by Crippen LogP contribution is 2.27. The molecule has 1 saturated heterocycles. The monoisotopic (exact) mass is 260 g/mol. The van der Waals surface area contributed by atoms with E-state index in [2.05, 4.69) is 48.7 Å². The number of hydrogen-bond donors (Lipinski definition) is 2. The van der Waals surface area contributed by atoms with Crippen LogP contribution >= 0.6 is 0 Å². The highest BCUT2D eigenvalue weighted by atomic mass is 16.5. The minimum atomic E-state index is 0.150. The molecule has 3 atom stereocenters. The number of benzene rings is 1. The summed E-state index contributed by atoms with van der Waals surface area (Å²) >= 11 is 0. The SMILES string of the molecule is CC1OCCC1(C)NCC1CNc2ccccc2C1. The van der Waals surface area contributed by atoms with Crippen molar-refractivity contribution in [2.75, 3.05) is 25.0 Å². The lowest BCUT2D eigenvalue weighted by Gasteiger charge is -2.33. The van der Waals surface area contributed by atoms with Crippen LogP contribution < -0.4 is 10.6 Å². The van der Waals surface area contributed by atoms with E-state index in [0.29, 0.717) is 12.0 Å². The number of hydrogen-bond acceptors (Lipinski definition) is 3. The molecule has 2 N–H and O–H groups in total. The number of para-hydroxylation sites is 1. The van der Waals surface area contributed by atoms with Gasteiger partial charge in [0.15, 0.2) is 0 Å². The van der Waals surface area contributed by atoms with Crippen LogP contribution in [-0.4, -0.2) is 31.3 Å². The van der Waals surface area contributed by atoms with E-state index in [1.807, 2.05) is 0 Å². The summed E-state index contributed by atoms with van der Waals surface area (Å²) < 4.78 is 5.69. The van der Waals surface area contributed by atoms with Crippen LogP contribution in [0.4, 0.5) is 5.69 Å². The number of anilines is 1. The van der Waals surface area contributed by atoms with Gasteiger partial charge in [-0.2, -0.15) is 0 Å². The Morgan fingerprint density at radius 3 is 3.05 bits per heavy atom. The molecule has 3 unspecified atom stereocenters. The average molecular weight is 260 g/mol. The fourth-order valence-electron chi connectivity index (χ4n) is 3.10. The van der Waals surface area contributed by atoms with Crippen LogP contribution in [-0.2, 0) is 11.2 Å². The quantitative estimate of drug-likeness (QED) is 0.875. The largest absolute Gasteiger partial charge is 0.384 e. The molecule has 2 heterocycles. The molecule has 0 amide bonds. The maximum absolute atomic E-state index is 5.69. The first-order chi connectivity index (χ1) is 9.17. The Morgan fingerprint density at radius 1 is 1.42 bits per heavy atom. The van der Waals surface area contributed by atoms with Crippen LogP contribution in [0.25, 0.3) is 0 Å². The smallest absolute Gasteiger partial charge is 0.0726 e. The Labute approximate surface area is 115 Å². The zero-order chi connectivity index (χ0) is 13.3. The molecule has 3 rings (SSSR count). The Balaban J connectivity index is 1.58. The molecule has 0 saturated carbocycles. The molecule has 1 aromatic carbocycles. The number of nitrogens with one attached hydrogen (secondary N) is 2. The average Bonchev–Trinajstić information content (AvgIpc) is 2.77. The molecule has 19 heavy (non-hydrogen) atoms. The van der Waals surface area contributed by atoms with Gasteiger partial charge in [0.2, 0.25) is 0 Å². The molecule has 0 bridgehead atoms. The van der Waals surface area contributed by atoms with Crippen LogP contribution in [0, 0.1) is 5.92 Å². The van der Waals surface area contributed by atoms with Gasteiger partial charge in [-0.3, -0.25) is 0 Å². The molecular weight excluding hydrogens is 236 g/mol. The molecule has 2 aliphatic rings. The maximum atomic E-state index is 5.69. The van der Waals surface area contributed by atoms with Crippen LogP contribution in [0.2, 0.25) is 0 Å². The maximum Gasteiger partial charge on any atom is 0.0726 e. The van der Waals surface area contributed by atoms with Crippen molar-refractivity contribution in [3.05, 3.63) is 29.8 Å². The van der Waals surface area contributed by atoms with Crippen molar-refractivity contribution < 1.29 is 4.74 Å². The van der Waals surface area contributed by atoms with E-state index in [0.717, 1.165) is 26.1 Å². The predicted octanol–water partition coefficient (Wildman–Crippen LogP) is 2.43. The van der Waals surface area contributed by atoms with Gasteiger partial charge in [0.1, 0.15) is 0 Å². The first-order valence-corrected chi connectivity index (χ1v) is 7.36. The zero-order valence-electron chi connectivity index (χ0n) is 11.9. The van der Waals surface area contributed by atoms with E-state index in [-0.39, 0.29) is 5.54 Å². The third kappa shape index (κ3) is 2.63. The standard InChI is InChI=1S/C16H24N2O/c1-12-16(2,7-8-19-12)18-11-13-9-14-5-3-4-6-15(14)17-10-13/h3-6,12-13,17-18H,7-11H2,1-2H3. The number of fused-ring (bicyclic) bond motifs is 1. The number of rotatable bonds is 3. The first kappa shape index (κ1) is 12.9. The lowest BCUT2D eigenvalue weighted by Crippen LogP contribution is -2.50. The lowest BCUT2D eigenvalue weighted by molar-refractivity contribution is 0.0872. The molecule has 1 fully saturated rings. The molecule has 0 radical (unpaired) electrons. The van der Waals surface area contributed by atoms with Crippen molar-refractivity contribution in [2.45, 2.75) is 38.3 Å². The molecule has 104 valence electrons. The van der Waals surface area contributed by atoms with Gasteiger partial charge in [-0.05, 0) is 44.2 Å². The fraction of sp³-hybridized carbons (Fsp3) is 0.625. The molecule has 0 spiro atoms. The van der Waals surface area contributed by atoms with Gasteiger partial charge in [0, 0.05) is 30.9 Å². The summed E-state index contributed by atoms with van der Waals surface area (Å²) in [6, 6.07) is 8.64. The second kappa shape index (κ2) is 5.14. The van der Waals surface area contributed by atoms with Crippen LogP contribution in [0.5, 0.6) is 0 Å². The third-order valence-corrected chi connectivity index (χ3v) is 4.79. The molecule has 3 heteroatoms. The second-order valence-corrected chi connectivity index (χ2v) is 6.17. The van der Waals surface area contributed by atoms with Crippen molar-refractivity contribution in [1.29, 1.82) is 0 Å². The summed E-state index contributed by atoms with van der Waals surface area (Å²) in [6.45, 7) is 7.47. The van der Waals surface area contributed by atoms with Crippen molar-refractivity contribution in [2.24, 2.45) is 5.92 Å². The summed E-state index contributed by atoms with van der Waals surface area (Å²) in [4.78, 5) is 0. The van der Waals surface area contributed by atoms with Crippen LogP contribution in [0.3, 0.4) is 0 Å². The molecule has 2 aliphatic heterocycles. The fourth-order valence-corrected chi connectivity index (χ4v) is 3.10. The van der Waals surface area contributed by atoms with Crippen LogP contribution in [0.15, 0.2) is 24.3 Å². The number of ether oxygens (including phenoxy) is 1. The molecule has 1 aromatic rings. The minimum absolute atomic E-state index is 0.150. The van der Waals surface area contributed by atoms with Crippen molar-refractivity contribution in [1.82, 2.24) is 5.32 Å². The summed E-state index contributed by atoms with van der Waals surface area (Å²) in [7, 11) is 0. The summed E-state index contributed by atoms with van der Waals surface area (Å²) in [5.41, 5.74) is 2.90. The second-order valence-electron chi connectivity index (χ2n) is 6.17. The lowest BCUT2D eigenvalue weighted by atomic mass is 9.90. The Hall–Kier alpha value is -1.06. The summed E-state index contributed by atoms with van der Waals surface area (Å²) in [5.74, 6) is 0.666. The van der Waals surface area contributed by atoms with E-state index >= 15 is 0 Å². The predicted molar refractivity (Wildman–Crippen MR) is 78.6 cm³/mol. The van der Waals surface area contributed by atoms with E-state index in [9.17, 15) is 0 Å². The van der Waals surface area contributed by atoms with E-state index < -0.39 is 0 Å². The topological polar surface area (TPSA) is 33.3 Å². The normalized spacial score (nSPS) is 33.8. The molecule has 3 nitrogen and oxygen atoms in total. The van der Waals surface area contributed by atoms with Gasteiger partial charge in [-0.1, -0.05) is 18.2 Å². The molecule has 0 aliphatic carbocycles. The van der Waals surface area contributed by atoms with E-state index in [4.69, 9.17) is 4.74 Å². The zero-order valence-corrected chi connectivity index (χ0v) is 11.9. The van der Waals surface area contributed by atoms with Crippen molar-refractivity contribution >= 4 is 5.69 Å². The van der Waals surface area contributed by atoms with Crippen LogP contribution in [0.1, 0.15) is 25.8 Å². The van der Waals surface area contributed by atoms with Crippen molar-refractivity contribution in [3.63, 3.8) is 0 Å². The van der Waals surface area contributed by atoms with Gasteiger partial charge in [-0.15, -0.1) is 0 Å². The first-order valence-electron chi connectivity index (χ1n) is 7.36. The van der Waals surface area contributed by atoms with Gasteiger partial charge < -0.3 is 15.4 Å². The molecule has 0 aromatic heterocycles. The Kier molecular flexibility index (Phi) is 3.50. The summed E-state index contributed by atoms with van der Waals surface area (Å²) in [5, 5.41) is 7.28. The van der Waals surface area contributed by atoms with Gasteiger partial charge in [0.25, 0.3) is 0 Å². The Morgan fingerprint density at radius 2 is 2.26 bits per heavy atom. The van der Waals surface area contributed by atoms with E-state index in [1.165, 1.54) is 17.7 Å². The highest BCUT2D eigenvalue weighted by Gasteiger charge is 2.37. The van der Waals surface area contributed by atoms with Gasteiger partial charge >= 0.3 is 0 Å². The van der Waals surface area contributed by atoms with Crippen molar-refractivity contribution in [3.8, 4) is 0 Å². The third-order valence-electron chi connectivity index (χ3n) is 4.79. The summed E-state index contributed by atoms with van der Waals surface area (Å²) in [6.07, 6.45) is 2.60. The van der Waals surface area contributed by atoms with Gasteiger partial charge in [0.05, 0.1) is 6.10 Å². The van der Waals surface area contributed by atoms with Gasteiger partial charge in [-0.25, -0.2) is 0 Å². The molecular formula is C16H24N2O.